The number of likely N-dealkylation sites (tertiary alicyclic amines) is 1. The first-order valence-electron chi connectivity index (χ1n) is 8.42. The van der Waals surface area contributed by atoms with Crippen LogP contribution in [0.4, 0.5) is 0 Å². The summed E-state index contributed by atoms with van der Waals surface area (Å²) in [7, 11) is 0. The summed E-state index contributed by atoms with van der Waals surface area (Å²) >= 11 is 1.62. The number of hydrogen-bond donors (Lipinski definition) is 1. The van der Waals surface area contributed by atoms with E-state index in [2.05, 4.69) is 23.7 Å². The van der Waals surface area contributed by atoms with Crippen molar-refractivity contribution in [1.29, 1.82) is 0 Å². The number of H-pyrrole nitrogens is 1. The van der Waals surface area contributed by atoms with Gasteiger partial charge in [0.1, 0.15) is 10.7 Å². The van der Waals surface area contributed by atoms with Crippen LogP contribution in [-0.2, 0) is 24.3 Å². The number of rotatable bonds is 2. The first kappa shape index (κ1) is 15.3. The predicted octanol–water partition coefficient (Wildman–Crippen LogP) is 2.82. The van der Waals surface area contributed by atoms with Gasteiger partial charge in [-0.1, -0.05) is 6.42 Å². The first-order chi connectivity index (χ1) is 11.0. The average Bonchev–Trinajstić information content (AvgIpc) is 2.85. The molecular weight excluding hydrogens is 310 g/mol. The minimum absolute atomic E-state index is 0.0113. The SMILES string of the molecule is CC1(C)Cc2c(sc3nc(CN4CCCCC4)[nH]c(=O)c23)CO1. The van der Waals surface area contributed by atoms with E-state index in [9.17, 15) is 4.79 Å². The summed E-state index contributed by atoms with van der Waals surface area (Å²) in [5.41, 5.74) is 0.941. The average molecular weight is 333 g/mol. The molecule has 1 fully saturated rings. The van der Waals surface area contributed by atoms with Gasteiger partial charge in [-0.3, -0.25) is 9.69 Å². The van der Waals surface area contributed by atoms with Crippen molar-refractivity contribution in [2.45, 2.75) is 58.3 Å². The lowest BCUT2D eigenvalue weighted by Gasteiger charge is -2.29. The van der Waals surface area contributed by atoms with E-state index in [4.69, 9.17) is 9.72 Å². The normalized spacial score (nSPS) is 21.5. The van der Waals surface area contributed by atoms with Gasteiger partial charge in [-0.2, -0.15) is 0 Å². The van der Waals surface area contributed by atoms with Crippen LogP contribution >= 0.6 is 11.3 Å². The molecule has 0 unspecified atom stereocenters. The molecule has 0 radical (unpaired) electrons. The van der Waals surface area contributed by atoms with E-state index in [1.54, 1.807) is 11.3 Å². The van der Waals surface area contributed by atoms with Gasteiger partial charge in [0.15, 0.2) is 0 Å². The maximum Gasteiger partial charge on any atom is 0.259 e. The fourth-order valence-electron chi connectivity index (χ4n) is 3.60. The molecule has 1 N–H and O–H groups in total. The minimum Gasteiger partial charge on any atom is -0.370 e. The topological polar surface area (TPSA) is 58.2 Å². The van der Waals surface area contributed by atoms with E-state index >= 15 is 0 Å². The largest absolute Gasteiger partial charge is 0.370 e. The third-order valence-electron chi connectivity index (χ3n) is 4.81. The van der Waals surface area contributed by atoms with Crippen LogP contribution in [0.5, 0.6) is 0 Å². The van der Waals surface area contributed by atoms with Gasteiger partial charge in [0, 0.05) is 11.3 Å². The van der Waals surface area contributed by atoms with Crippen molar-refractivity contribution in [1.82, 2.24) is 14.9 Å². The molecule has 6 heteroatoms. The van der Waals surface area contributed by atoms with Gasteiger partial charge in [-0.25, -0.2) is 4.98 Å². The zero-order valence-corrected chi connectivity index (χ0v) is 14.6. The van der Waals surface area contributed by atoms with Crippen LogP contribution in [0.15, 0.2) is 4.79 Å². The molecule has 0 aliphatic carbocycles. The Bertz CT molecular complexity index is 787. The van der Waals surface area contributed by atoms with Crippen molar-refractivity contribution in [3.05, 3.63) is 26.6 Å². The fraction of sp³-hybridized carbons (Fsp3) is 0.647. The molecule has 2 aromatic heterocycles. The van der Waals surface area contributed by atoms with Crippen molar-refractivity contribution in [3.63, 3.8) is 0 Å². The second-order valence-electron chi connectivity index (χ2n) is 7.26. The van der Waals surface area contributed by atoms with E-state index in [-0.39, 0.29) is 11.2 Å². The lowest BCUT2D eigenvalue weighted by atomic mass is 9.94. The third kappa shape index (κ3) is 2.95. The maximum atomic E-state index is 12.6. The third-order valence-corrected chi connectivity index (χ3v) is 5.91. The number of nitrogens with zero attached hydrogens (tertiary/aromatic N) is 2. The standard InChI is InChI=1S/C17H23N3O2S/c1-17(2)8-11-12(10-22-17)23-16-14(11)15(21)18-13(19-16)9-20-6-4-3-5-7-20/h3-10H2,1-2H3,(H,18,19,21). The molecule has 2 aliphatic rings. The Balaban J connectivity index is 1.70. The Labute approximate surface area is 139 Å². The molecule has 0 bridgehead atoms. The van der Waals surface area contributed by atoms with Crippen LogP contribution in [0, 0.1) is 0 Å². The van der Waals surface area contributed by atoms with Crippen molar-refractivity contribution >= 4 is 21.6 Å². The highest BCUT2D eigenvalue weighted by atomic mass is 32.1. The quantitative estimate of drug-likeness (QED) is 0.918. The predicted molar refractivity (Wildman–Crippen MR) is 91.9 cm³/mol. The molecule has 0 amide bonds. The summed E-state index contributed by atoms with van der Waals surface area (Å²) < 4.78 is 5.88. The van der Waals surface area contributed by atoms with E-state index in [0.717, 1.165) is 52.5 Å². The fourth-order valence-corrected chi connectivity index (χ4v) is 4.72. The Morgan fingerprint density at radius 2 is 2.09 bits per heavy atom. The van der Waals surface area contributed by atoms with Crippen molar-refractivity contribution in [2.75, 3.05) is 13.1 Å². The molecule has 0 saturated carbocycles. The Kier molecular flexibility index (Phi) is 3.78. The number of nitrogens with one attached hydrogen (secondary N) is 1. The van der Waals surface area contributed by atoms with Crippen LogP contribution in [0.2, 0.25) is 0 Å². The molecule has 2 aliphatic heterocycles. The summed E-state index contributed by atoms with van der Waals surface area (Å²) in [6, 6.07) is 0. The van der Waals surface area contributed by atoms with Gasteiger partial charge in [-0.15, -0.1) is 11.3 Å². The summed E-state index contributed by atoms with van der Waals surface area (Å²) in [5.74, 6) is 0.795. The molecule has 4 rings (SSSR count). The van der Waals surface area contributed by atoms with Gasteiger partial charge in [0.05, 0.1) is 24.1 Å². The molecular formula is C17H23N3O2S. The smallest absolute Gasteiger partial charge is 0.259 e. The van der Waals surface area contributed by atoms with Crippen molar-refractivity contribution in [2.24, 2.45) is 0 Å². The monoisotopic (exact) mass is 333 g/mol. The van der Waals surface area contributed by atoms with Crippen LogP contribution < -0.4 is 5.56 Å². The van der Waals surface area contributed by atoms with E-state index < -0.39 is 0 Å². The number of thiophene rings is 1. The second kappa shape index (κ2) is 5.69. The number of fused-ring (bicyclic) bond motifs is 3. The number of hydrogen-bond acceptors (Lipinski definition) is 5. The maximum absolute atomic E-state index is 12.6. The molecule has 0 atom stereocenters. The first-order valence-corrected chi connectivity index (χ1v) is 9.23. The molecule has 0 spiro atoms. The summed E-state index contributed by atoms with van der Waals surface area (Å²) in [6.07, 6.45) is 4.57. The van der Waals surface area contributed by atoms with Crippen LogP contribution in [-0.4, -0.2) is 33.6 Å². The summed E-state index contributed by atoms with van der Waals surface area (Å²) in [4.78, 5) is 24.8. The van der Waals surface area contributed by atoms with Gasteiger partial charge < -0.3 is 9.72 Å². The lowest BCUT2D eigenvalue weighted by molar-refractivity contribution is -0.0379. The van der Waals surface area contributed by atoms with E-state index in [1.165, 1.54) is 19.3 Å². The Morgan fingerprint density at radius 3 is 2.87 bits per heavy atom. The number of aromatic amines is 1. The highest BCUT2D eigenvalue weighted by molar-refractivity contribution is 7.18. The van der Waals surface area contributed by atoms with Crippen molar-refractivity contribution in [3.8, 4) is 0 Å². The highest BCUT2D eigenvalue weighted by Gasteiger charge is 2.30. The van der Waals surface area contributed by atoms with E-state index in [0.29, 0.717) is 6.61 Å². The molecule has 2 aromatic rings. The highest BCUT2D eigenvalue weighted by Crippen LogP contribution is 2.36. The Morgan fingerprint density at radius 1 is 1.30 bits per heavy atom. The summed E-state index contributed by atoms with van der Waals surface area (Å²) in [6.45, 7) is 7.69. The van der Waals surface area contributed by atoms with Gasteiger partial charge in [0.25, 0.3) is 5.56 Å². The van der Waals surface area contributed by atoms with E-state index in [1.807, 2.05) is 0 Å². The zero-order chi connectivity index (χ0) is 16.0. The van der Waals surface area contributed by atoms with Gasteiger partial charge in [0.2, 0.25) is 0 Å². The van der Waals surface area contributed by atoms with Gasteiger partial charge >= 0.3 is 0 Å². The molecule has 23 heavy (non-hydrogen) atoms. The number of ether oxygens (including phenoxy) is 1. The molecule has 4 heterocycles. The summed E-state index contributed by atoms with van der Waals surface area (Å²) in [5, 5.41) is 0.781. The lowest BCUT2D eigenvalue weighted by Crippen LogP contribution is -2.32. The number of piperidine rings is 1. The van der Waals surface area contributed by atoms with Crippen LogP contribution in [0.25, 0.3) is 10.2 Å². The molecule has 5 nitrogen and oxygen atoms in total. The van der Waals surface area contributed by atoms with Crippen molar-refractivity contribution < 1.29 is 4.74 Å². The van der Waals surface area contributed by atoms with Crippen LogP contribution in [0.1, 0.15) is 49.4 Å². The Hall–Kier alpha value is -1.24. The second-order valence-corrected chi connectivity index (χ2v) is 8.34. The molecule has 0 aromatic carbocycles. The minimum atomic E-state index is -0.208. The molecule has 124 valence electrons. The van der Waals surface area contributed by atoms with Gasteiger partial charge in [-0.05, 0) is 45.3 Å². The van der Waals surface area contributed by atoms with Crippen LogP contribution in [0.3, 0.4) is 0 Å². The number of aromatic nitrogens is 2. The zero-order valence-electron chi connectivity index (χ0n) is 13.8. The molecule has 1 saturated heterocycles.